The number of alkyl halides is 1. The van der Waals surface area contributed by atoms with Crippen molar-refractivity contribution < 1.29 is 4.74 Å². The first-order chi connectivity index (χ1) is 18.7. The highest BCUT2D eigenvalue weighted by molar-refractivity contribution is 14.1. The van der Waals surface area contributed by atoms with Crippen LogP contribution in [-0.4, -0.2) is 17.1 Å². The van der Waals surface area contributed by atoms with E-state index in [9.17, 15) is 0 Å². The molecule has 0 aromatic rings. The fourth-order valence-electron chi connectivity index (χ4n) is 11.6. The average molecular weight is 633 g/mol. The highest BCUT2D eigenvalue weighted by Crippen LogP contribution is 2.66. The first-order valence-electron chi connectivity index (χ1n) is 17.2. The molecular weight excluding hydrogens is 575 g/mol. The molecule has 5 fully saturated rings. The van der Waals surface area contributed by atoms with Crippen molar-refractivity contribution in [3.8, 4) is 0 Å². The van der Waals surface area contributed by atoms with E-state index in [1.54, 1.807) is 0 Å². The van der Waals surface area contributed by atoms with Crippen LogP contribution in [0.4, 0.5) is 0 Å². The van der Waals surface area contributed by atoms with Crippen LogP contribution in [0.25, 0.3) is 0 Å². The number of allylic oxidation sites excluding steroid dienone is 3. The van der Waals surface area contributed by atoms with Gasteiger partial charge in [-0.3, -0.25) is 0 Å². The maximum Gasteiger partial charge on any atom is 0.0606 e. The Morgan fingerprint density at radius 2 is 1.45 bits per heavy atom. The Labute approximate surface area is 248 Å². The monoisotopic (exact) mass is 632 g/mol. The predicted molar refractivity (Wildman–Crippen MR) is 169 cm³/mol. The summed E-state index contributed by atoms with van der Waals surface area (Å²) < 4.78 is 7.73. The lowest BCUT2D eigenvalue weighted by Gasteiger charge is -2.57. The smallest absolute Gasteiger partial charge is 0.0606 e. The van der Waals surface area contributed by atoms with E-state index in [1.807, 2.05) is 5.57 Å². The van der Waals surface area contributed by atoms with Gasteiger partial charge in [-0.05, 0) is 117 Å². The molecular formula is C36H57IO. The molecule has 1 saturated heterocycles. The lowest BCUT2D eigenvalue weighted by Crippen LogP contribution is -2.51. The second kappa shape index (κ2) is 12.6. The number of halogens is 1. The maximum absolute atomic E-state index is 6.39. The molecule has 0 aromatic heterocycles. The second-order valence-corrected chi connectivity index (χ2v) is 15.4. The zero-order valence-corrected chi connectivity index (χ0v) is 26.9. The van der Waals surface area contributed by atoms with Crippen molar-refractivity contribution in [3.63, 3.8) is 0 Å². The summed E-state index contributed by atoms with van der Waals surface area (Å²) in [5.74, 6) is 10.2. The Hall–Kier alpha value is 0.170. The zero-order valence-electron chi connectivity index (χ0n) is 24.7. The summed E-state index contributed by atoms with van der Waals surface area (Å²) in [7, 11) is 0. The molecule has 6 aliphatic rings. The number of rotatable bonds is 10. The van der Waals surface area contributed by atoms with Gasteiger partial charge in [0.1, 0.15) is 0 Å². The van der Waals surface area contributed by atoms with Gasteiger partial charge in [0.2, 0.25) is 0 Å². The third kappa shape index (κ3) is 5.15. The van der Waals surface area contributed by atoms with Crippen LogP contribution in [0.3, 0.4) is 0 Å². The molecule has 1 nitrogen and oxygen atoms in total. The lowest BCUT2D eigenvalue weighted by atomic mass is 9.47. The van der Waals surface area contributed by atoms with E-state index in [1.165, 1.54) is 107 Å². The molecule has 0 aromatic carbocycles. The van der Waals surface area contributed by atoms with Crippen molar-refractivity contribution in [2.75, 3.05) is 11.0 Å². The van der Waals surface area contributed by atoms with E-state index in [0.717, 1.165) is 71.7 Å². The third-order valence-corrected chi connectivity index (χ3v) is 14.0. The summed E-state index contributed by atoms with van der Waals surface area (Å²) >= 11 is 2.76. The van der Waals surface area contributed by atoms with E-state index in [-0.39, 0.29) is 0 Å². The van der Waals surface area contributed by atoms with Crippen LogP contribution in [0.15, 0.2) is 23.8 Å². The van der Waals surface area contributed by atoms with Gasteiger partial charge in [-0.2, -0.15) is 0 Å². The van der Waals surface area contributed by atoms with Gasteiger partial charge in [-0.1, -0.05) is 98.6 Å². The molecule has 2 heteroatoms. The van der Waals surface area contributed by atoms with Gasteiger partial charge in [0, 0.05) is 10.3 Å². The fraction of sp³-hybridized carbons (Fsp3) is 0.889. The molecule has 5 aliphatic carbocycles. The predicted octanol–water partition coefficient (Wildman–Crippen LogP) is 10.4. The van der Waals surface area contributed by atoms with Gasteiger partial charge in [0.25, 0.3) is 0 Å². The molecule has 38 heavy (non-hydrogen) atoms. The normalized spacial score (nSPS) is 44.1. The lowest BCUT2D eigenvalue weighted by molar-refractivity contribution is -0.0715. The molecule has 0 spiro atoms. The topological polar surface area (TPSA) is 9.23 Å². The minimum Gasteiger partial charge on any atom is -0.378 e. The van der Waals surface area contributed by atoms with Crippen LogP contribution < -0.4 is 0 Å². The number of hydrogen-bond donors (Lipinski definition) is 0. The number of fused-ring (bicyclic) bond motifs is 3. The molecule has 6 rings (SSSR count). The minimum atomic E-state index is 0.600. The molecule has 0 amide bonds. The quantitative estimate of drug-likeness (QED) is 0.132. The van der Waals surface area contributed by atoms with Gasteiger partial charge in [-0.25, -0.2) is 0 Å². The van der Waals surface area contributed by atoms with E-state index in [0.29, 0.717) is 6.10 Å². The largest absolute Gasteiger partial charge is 0.378 e. The van der Waals surface area contributed by atoms with Crippen molar-refractivity contribution in [3.05, 3.63) is 23.8 Å². The van der Waals surface area contributed by atoms with Gasteiger partial charge in [-0.15, -0.1) is 6.58 Å². The summed E-state index contributed by atoms with van der Waals surface area (Å²) in [6.45, 7) is 10.3. The Morgan fingerprint density at radius 3 is 2.03 bits per heavy atom. The van der Waals surface area contributed by atoms with Gasteiger partial charge in [0.05, 0.1) is 12.7 Å². The van der Waals surface area contributed by atoms with Gasteiger partial charge >= 0.3 is 0 Å². The summed E-state index contributed by atoms with van der Waals surface area (Å²) in [5.41, 5.74) is 4.05. The molecule has 1 aliphatic heterocycles. The highest BCUT2D eigenvalue weighted by atomic mass is 127. The minimum absolute atomic E-state index is 0.600. The van der Waals surface area contributed by atoms with Crippen molar-refractivity contribution in [2.45, 2.75) is 123 Å². The molecule has 10 atom stereocenters. The van der Waals surface area contributed by atoms with E-state index in [2.05, 4.69) is 54.7 Å². The number of hydrogen-bond acceptors (Lipinski definition) is 1. The summed E-state index contributed by atoms with van der Waals surface area (Å²) in [5, 5.41) is 0. The zero-order chi connectivity index (χ0) is 26.2. The molecule has 214 valence electrons. The second-order valence-electron chi connectivity index (χ2n) is 14.6. The Balaban J connectivity index is 1.30. The van der Waals surface area contributed by atoms with E-state index in [4.69, 9.17) is 4.74 Å². The maximum atomic E-state index is 6.39. The summed E-state index contributed by atoms with van der Waals surface area (Å²) in [4.78, 5) is 0. The van der Waals surface area contributed by atoms with Crippen LogP contribution in [-0.2, 0) is 4.74 Å². The molecule has 0 bridgehead atoms. The standard InChI is InChI=1S/C36H57IO/c1-4-13-23(5-2)33-27-15-7-9-17-29(27)35(30-18-10-8-16-28(30)33)36-31(21-37)34(36)24(6-3)20-25-22-38-32-19-12-11-14-26(25)32/h4,23-33,35H,1,5-22H2,2-3H3. The molecule has 0 N–H and O–H groups in total. The van der Waals surface area contributed by atoms with Crippen molar-refractivity contribution in [1.29, 1.82) is 0 Å². The van der Waals surface area contributed by atoms with Crippen LogP contribution in [0.2, 0.25) is 0 Å². The van der Waals surface area contributed by atoms with E-state index >= 15 is 0 Å². The van der Waals surface area contributed by atoms with Crippen LogP contribution >= 0.6 is 22.6 Å². The van der Waals surface area contributed by atoms with Gasteiger partial charge in [0.15, 0.2) is 0 Å². The Bertz CT molecular complexity index is 822. The highest BCUT2D eigenvalue weighted by Gasteiger charge is 2.57. The molecule has 1 heterocycles. The first-order valence-corrected chi connectivity index (χ1v) is 18.8. The average Bonchev–Trinajstić information content (AvgIpc) is 3.54. The SMILES string of the molecule is C=CCC(CC)C1C2CCCCC2C(C2=C(C(CC)CC3COC4CCCCC34)C2CI)C2CCCCC21. The van der Waals surface area contributed by atoms with Gasteiger partial charge < -0.3 is 4.74 Å². The molecule has 0 radical (unpaired) electrons. The van der Waals surface area contributed by atoms with Crippen LogP contribution in [0.1, 0.15) is 117 Å². The summed E-state index contributed by atoms with van der Waals surface area (Å²) in [6, 6.07) is 0. The number of ether oxygens (including phenoxy) is 1. The molecule has 10 unspecified atom stereocenters. The van der Waals surface area contributed by atoms with Crippen molar-refractivity contribution >= 4 is 22.6 Å². The van der Waals surface area contributed by atoms with Crippen LogP contribution in [0, 0.1) is 65.1 Å². The first kappa shape index (κ1) is 28.3. The summed E-state index contributed by atoms with van der Waals surface area (Å²) in [6.07, 6.45) is 26.0. The van der Waals surface area contributed by atoms with Crippen LogP contribution in [0.5, 0.6) is 0 Å². The Kier molecular flexibility index (Phi) is 9.37. The fourth-order valence-corrected chi connectivity index (χ4v) is 12.6. The van der Waals surface area contributed by atoms with E-state index < -0.39 is 0 Å². The Morgan fingerprint density at radius 1 is 0.842 bits per heavy atom. The van der Waals surface area contributed by atoms with Crippen molar-refractivity contribution in [2.24, 2.45) is 65.1 Å². The van der Waals surface area contributed by atoms with Crippen molar-refractivity contribution in [1.82, 2.24) is 0 Å². The third-order valence-electron chi connectivity index (χ3n) is 13.1. The molecule has 4 saturated carbocycles.